The van der Waals surface area contributed by atoms with Crippen LogP contribution in [0.1, 0.15) is 25.8 Å². The summed E-state index contributed by atoms with van der Waals surface area (Å²) in [6.07, 6.45) is 1.10. The van der Waals surface area contributed by atoms with Crippen molar-refractivity contribution in [1.82, 2.24) is 4.90 Å². The highest BCUT2D eigenvalue weighted by atomic mass is 19.1. The molecular weight excluding hydrogens is 229 g/mol. The lowest BCUT2D eigenvalue weighted by atomic mass is 10.2. The Kier molecular flexibility index (Phi) is 5.60. The molecule has 0 aliphatic heterocycles. The summed E-state index contributed by atoms with van der Waals surface area (Å²) in [7, 11) is 2.06. The highest BCUT2D eigenvalue weighted by molar-refractivity contribution is 5.48. The van der Waals surface area contributed by atoms with Gasteiger partial charge < -0.3 is 10.2 Å². The largest absolute Gasteiger partial charge is 0.381 e. The lowest BCUT2D eigenvalue weighted by Crippen LogP contribution is -2.32. The first-order valence-electron chi connectivity index (χ1n) is 6.22. The lowest BCUT2D eigenvalue weighted by Gasteiger charge is -2.23. The van der Waals surface area contributed by atoms with Crippen LogP contribution in [-0.2, 0) is 0 Å². The molecule has 0 saturated heterocycles. The average molecular weight is 249 g/mol. The van der Waals surface area contributed by atoms with Crippen LogP contribution in [0, 0.1) is 17.1 Å². The monoisotopic (exact) mass is 249 g/mol. The molecule has 0 bridgehead atoms. The number of benzene rings is 1. The maximum absolute atomic E-state index is 13.6. The Morgan fingerprint density at radius 3 is 2.78 bits per heavy atom. The van der Waals surface area contributed by atoms with E-state index in [0.29, 0.717) is 23.8 Å². The molecule has 0 saturated carbocycles. The van der Waals surface area contributed by atoms with Crippen molar-refractivity contribution in [3.63, 3.8) is 0 Å². The smallest absolute Gasteiger partial charge is 0.147 e. The van der Waals surface area contributed by atoms with E-state index in [9.17, 15) is 4.39 Å². The van der Waals surface area contributed by atoms with Crippen LogP contribution < -0.4 is 5.32 Å². The van der Waals surface area contributed by atoms with Crippen molar-refractivity contribution in [2.45, 2.75) is 26.3 Å². The Bertz CT molecular complexity index is 426. The number of nitrogens with zero attached hydrogens (tertiary/aromatic N) is 2. The van der Waals surface area contributed by atoms with Gasteiger partial charge in [-0.05, 0) is 38.6 Å². The van der Waals surface area contributed by atoms with E-state index in [1.165, 1.54) is 6.07 Å². The molecule has 0 aromatic heterocycles. The van der Waals surface area contributed by atoms with Crippen molar-refractivity contribution < 1.29 is 4.39 Å². The normalized spacial score (nSPS) is 12.2. The van der Waals surface area contributed by atoms with Gasteiger partial charge in [-0.1, -0.05) is 6.92 Å². The van der Waals surface area contributed by atoms with Crippen LogP contribution in [-0.4, -0.2) is 31.1 Å². The Balaban J connectivity index is 2.47. The number of nitriles is 1. The molecule has 0 heterocycles. The van der Waals surface area contributed by atoms with E-state index < -0.39 is 0 Å². The van der Waals surface area contributed by atoms with Crippen LogP contribution in [0.5, 0.6) is 0 Å². The van der Waals surface area contributed by atoms with Crippen LogP contribution in [0.4, 0.5) is 10.1 Å². The number of likely N-dealkylation sites (N-methyl/N-ethyl adjacent to an activating group) is 1. The van der Waals surface area contributed by atoms with E-state index in [2.05, 4.69) is 31.1 Å². The minimum atomic E-state index is -0.375. The molecule has 1 aromatic carbocycles. The van der Waals surface area contributed by atoms with Gasteiger partial charge in [0.15, 0.2) is 0 Å². The van der Waals surface area contributed by atoms with Crippen molar-refractivity contribution in [2.75, 3.05) is 25.5 Å². The number of halogens is 1. The van der Waals surface area contributed by atoms with Crippen LogP contribution in [0.15, 0.2) is 18.2 Å². The third kappa shape index (κ3) is 4.01. The van der Waals surface area contributed by atoms with Crippen LogP contribution in [0.25, 0.3) is 0 Å². The van der Waals surface area contributed by atoms with Crippen molar-refractivity contribution in [1.29, 1.82) is 5.26 Å². The second kappa shape index (κ2) is 6.97. The third-order valence-corrected chi connectivity index (χ3v) is 3.22. The number of nitrogens with one attached hydrogen (secondary N) is 1. The van der Waals surface area contributed by atoms with Gasteiger partial charge in [-0.25, -0.2) is 4.39 Å². The zero-order valence-corrected chi connectivity index (χ0v) is 11.2. The van der Waals surface area contributed by atoms with Crippen LogP contribution in [0.2, 0.25) is 0 Å². The first-order chi connectivity index (χ1) is 8.58. The summed E-state index contributed by atoms with van der Waals surface area (Å²) < 4.78 is 13.6. The number of hydrogen-bond acceptors (Lipinski definition) is 3. The van der Waals surface area contributed by atoms with Gasteiger partial charge in [-0.3, -0.25) is 0 Å². The summed E-state index contributed by atoms with van der Waals surface area (Å²) in [5.74, 6) is -0.375. The summed E-state index contributed by atoms with van der Waals surface area (Å²) in [5.41, 5.74) is 0.793. The van der Waals surface area contributed by atoms with Gasteiger partial charge in [-0.2, -0.15) is 5.26 Å². The molecule has 0 amide bonds. The SMILES string of the molecule is CCC(C)N(C)CCNc1ccc(C#N)cc1F. The van der Waals surface area contributed by atoms with Crippen molar-refractivity contribution >= 4 is 5.69 Å². The van der Waals surface area contributed by atoms with E-state index in [4.69, 9.17) is 5.26 Å². The molecule has 98 valence electrons. The number of anilines is 1. The van der Waals surface area contributed by atoms with Crippen molar-refractivity contribution in [3.8, 4) is 6.07 Å². The fourth-order valence-corrected chi connectivity index (χ4v) is 1.63. The van der Waals surface area contributed by atoms with Gasteiger partial charge in [0.05, 0.1) is 17.3 Å². The molecule has 0 fully saturated rings. The Hall–Kier alpha value is -1.60. The molecule has 0 aliphatic rings. The molecule has 1 rings (SSSR count). The zero-order valence-electron chi connectivity index (χ0n) is 11.2. The quantitative estimate of drug-likeness (QED) is 0.842. The van der Waals surface area contributed by atoms with Crippen LogP contribution in [0.3, 0.4) is 0 Å². The van der Waals surface area contributed by atoms with E-state index in [1.807, 2.05) is 6.07 Å². The maximum atomic E-state index is 13.6. The van der Waals surface area contributed by atoms with Crippen molar-refractivity contribution in [3.05, 3.63) is 29.6 Å². The summed E-state index contributed by atoms with van der Waals surface area (Å²) >= 11 is 0. The summed E-state index contributed by atoms with van der Waals surface area (Å²) in [6.45, 7) is 5.86. The minimum absolute atomic E-state index is 0.342. The maximum Gasteiger partial charge on any atom is 0.147 e. The van der Waals surface area contributed by atoms with Gasteiger partial charge in [0, 0.05) is 19.1 Å². The minimum Gasteiger partial charge on any atom is -0.381 e. The molecule has 3 nitrogen and oxygen atoms in total. The molecule has 1 aromatic rings. The highest BCUT2D eigenvalue weighted by Crippen LogP contribution is 2.15. The number of hydrogen-bond donors (Lipinski definition) is 1. The van der Waals surface area contributed by atoms with Crippen LogP contribution >= 0.6 is 0 Å². The standard InChI is InChI=1S/C14H20FN3/c1-4-11(2)18(3)8-7-17-14-6-5-12(10-16)9-13(14)15/h5-6,9,11,17H,4,7-8H2,1-3H3. The summed E-state index contributed by atoms with van der Waals surface area (Å²) in [5, 5.41) is 11.7. The predicted molar refractivity (Wildman–Crippen MR) is 72.0 cm³/mol. The molecular formula is C14H20FN3. The molecule has 18 heavy (non-hydrogen) atoms. The molecule has 0 spiro atoms. The predicted octanol–water partition coefficient (Wildman–Crippen LogP) is 2.84. The molecule has 0 radical (unpaired) electrons. The fraction of sp³-hybridized carbons (Fsp3) is 0.500. The number of rotatable bonds is 6. The Labute approximate surface area is 108 Å². The average Bonchev–Trinajstić information content (AvgIpc) is 2.39. The van der Waals surface area contributed by atoms with E-state index in [1.54, 1.807) is 12.1 Å². The first-order valence-corrected chi connectivity index (χ1v) is 6.22. The second-order valence-corrected chi connectivity index (χ2v) is 4.47. The first kappa shape index (κ1) is 14.5. The van der Waals surface area contributed by atoms with Gasteiger partial charge in [0.1, 0.15) is 5.82 Å². The summed E-state index contributed by atoms with van der Waals surface area (Å²) in [4.78, 5) is 2.23. The molecule has 4 heteroatoms. The molecule has 0 aliphatic carbocycles. The summed E-state index contributed by atoms with van der Waals surface area (Å²) in [6, 6.07) is 6.92. The Morgan fingerprint density at radius 1 is 1.50 bits per heavy atom. The van der Waals surface area contributed by atoms with Gasteiger partial charge in [-0.15, -0.1) is 0 Å². The topological polar surface area (TPSA) is 39.1 Å². The lowest BCUT2D eigenvalue weighted by molar-refractivity contribution is 0.261. The van der Waals surface area contributed by atoms with Gasteiger partial charge >= 0.3 is 0 Å². The zero-order chi connectivity index (χ0) is 13.5. The van der Waals surface area contributed by atoms with Crippen molar-refractivity contribution in [2.24, 2.45) is 0 Å². The molecule has 1 atom stereocenters. The van der Waals surface area contributed by atoms with Gasteiger partial charge in [0.2, 0.25) is 0 Å². The molecule has 1 unspecified atom stereocenters. The van der Waals surface area contributed by atoms with E-state index in [-0.39, 0.29) is 5.82 Å². The van der Waals surface area contributed by atoms with Gasteiger partial charge in [0.25, 0.3) is 0 Å². The second-order valence-electron chi connectivity index (χ2n) is 4.47. The van der Waals surface area contributed by atoms with E-state index in [0.717, 1.165) is 13.0 Å². The highest BCUT2D eigenvalue weighted by Gasteiger charge is 2.07. The molecule has 1 N–H and O–H groups in total. The Morgan fingerprint density at radius 2 is 2.22 bits per heavy atom. The van der Waals surface area contributed by atoms with E-state index >= 15 is 0 Å². The fourth-order valence-electron chi connectivity index (χ4n) is 1.63. The third-order valence-electron chi connectivity index (χ3n) is 3.22.